The first-order valence-electron chi connectivity index (χ1n) is 8.81. The van der Waals surface area contributed by atoms with Gasteiger partial charge in [-0.1, -0.05) is 13.8 Å². The number of H-pyrrole nitrogens is 1. The fraction of sp³-hybridized carbons (Fsp3) is 0.444. The highest BCUT2D eigenvalue weighted by atomic mass is 16.2. The summed E-state index contributed by atoms with van der Waals surface area (Å²) < 4.78 is 1.74. The van der Waals surface area contributed by atoms with Gasteiger partial charge >= 0.3 is 0 Å². The van der Waals surface area contributed by atoms with E-state index in [1.807, 2.05) is 32.4 Å². The van der Waals surface area contributed by atoms with E-state index in [-0.39, 0.29) is 17.9 Å². The number of nitrogens with one attached hydrogen (secondary N) is 1. The third-order valence-electron chi connectivity index (χ3n) is 4.94. The van der Waals surface area contributed by atoms with Gasteiger partial charge in [0.2, 0.25) is 5.91 Å². The Morgan fingerprint density at radius 3 is 2.73 bits per heavy atom. The zero-order chi connectivity index (χ0) is 18.4. The molecule has 8 heteroatoms. The minimum atomic E-state index is -0.201. The van der Waals surface area contributed by atoms with Gasteiger partial charge in [0.25, 0.3) is 0 Å². The summed E-state index contributed by atoms with van der Waals surface area (Å²) in [5, 5.41) is 11.7. The fourth-order valence-electron chi connectivity index (χ4n) is 3.56. The van der Waals surface area contributed by atoms with Crippen molar-refractivity contribution in [1.29, 1.82) is 0 Å². The molecule has 0 aromatic carbocycles. The van der Waals surface area contributed by atoms with Gasteiger partial charge in [-0.3, -0.25) is 14.6 Å². The summed E-state index contributed by atoms with van der Waals surface area (Å²) in [6.07, 6.45) is 3.69. The number of aromatic amines is 1. The Balaban J connectivity index is 1.78. The standard InChI is InChI=1S/C18H23N7O/c1-11(2)17-18(26)23(3)7-8-25(17)14-6-5-13-16(20-14)15(22-21-13)12-9-19-24(4)10-12/h5-6,9-11,17H,7-8H2,1-4H3,(H,21,22). The van der Waals surface area contributed by atoms with Crippen LogP contribution in [-0.4, -0.2) is 61.9 Å². The number of carbonyl (C=O) groups is 1. The van der Waals surface area contributed by atoms with Crippen molar-refractivity contribution in [1.82, 2.24) is 29.9 Å². The highest BCUT2D eigenvalue weighted by Gasteiger charge is 2.36. The number of piperazine rings is 1. The first-order valence-corrected chi connectivity index (χ1v) is 8.81. The molecule has 0 saturated carbocycles. The molecular formula is C18H23N7O. The molecule has 1 amide bonds. The maximum Gasteiger partial charge on any atom is 0.245 e. The Hall–Kier alpha value is -2.90. The minimum Gasteiger partial charge on any atom is -0.343 e. The first-order chi connectivity index (χ1) is 12.5. The van der Waals surface area contributed by atoms with Crippen molar-refractivity contribution < 1.29 is 4.79 Å². The van der Waals surface area contributed by atoms with Gasteiger partial charge in [0, 0.05) is 38.9 Å². The molecule has 1 N–H and O–H groups in total. The van der Waals surface area contributed by atoms with E-state index in [0.29, 0.717) is 6.54 Å². The number of carbonyl (C=O) groups excluding carboxylic acids is 1. The summed E-state index contributed by atoms with van der Waals surface area (Å²) in [6.45, 7) is 5.62. The lowest BCUT2D eigenvalue weighted by Gasteiger charge is -2.41. The highest BCUT2D eigenvalue weighted by Crippen LogP contribution is 2.29. The van der Waals surface area contributed by atoms with Crippen molar-refractivity contribution >= 4 is 22.8 Å². The van der Waals surface area contributed by atoms with Crippen LogP contribution in [0, 0.1) is 5.92 Å². The Kier molecular flexibility index (Phi) is 3.90. The molecule has 0 radical (unpaired) electrons. The molecule has 1 aliphatic heterocycles. The molecule has 1 saturated heterocycles. The Labute approximate surface area is 151 Å². The van der Waals surface area contributed by atoms with Gasteiger partial charge in [-0.05, 0) is 18.1 Å². The zero-order valence-corrected chi connectivity index (χ0v) is 15.5. The van der Waals surface area contributed by atoms with Crippen LogP contribution in [0.25, 0.3) is 22.3 Å². The number of pyridine rings is 1. The van der Waals surface area contributed by atoms with Gasteiger partial charge in [-0.2, -0.15) is 10.2 Å². The number of anilines is 1. The van der Waals surface area contributed by atoms with Gasteiger partial charge in [-0.15, -0.1) is 0 Å². The van der Waals surface area contributed by atoms with Gasteiger partial charge in [0.15, 0.2) is 0 Å². The van der Waals surface area contributed by atoms with E-state index >= 15 is 0 Å². The van der Waals surface area contributed by atoms with Crippen molar-refractivity contribution in [3.63, 3.8) is 0 Å². The van der Waals surface area contributed by atoms with Gasteiger partial charge in [0.05, 0.1) is 11.7 Å². The van der Waals surface area contributed by atoms with Crippen LogP contribution in [0.4, 0.5) is 5.82 Å². The average molecular weight is 353 g/mol. The highest BCUT2D eigenvalue weighted by molar-refractivity contribution is 5.91. The maximum atomic E-state index is 12.7. The van der Waals surface area contributed by atoms with Crippen LogP contribution in [0.1, 0.15) is 13.8 Å². The molecule has 26 heavy (non-hydrogen) atoms. The third kappa shape index (κ3) is 2.61. The van der Waals surface area contributed by atoms with E-state index in [0.717, 1.165) is 34.7 Å². The van der Waals surface area contributed by atoms with Crippen LogP contribution in [0.15, 0.2) is 24.5 Å². The Morgan fingerprint density at radius 1 is 1.23 bits per heavy atom. The maximum absolute atomic E-state index is 12.7. The predicted molar refractivity (Wildman–Crippen MR) is 99.7 cm³/mol. The summed E-state index contributed by atoms with van der Waals surface area (Å²) >= 11 is 0. The molecule has 4 rings (SSSR count). The van der Waals surface area contributed by atoms with Crippen LogP contribution < -0.4 is 4.90 Å². The molecule has 0 spiro atoms. The molecule has 4 heterocycles. The second-order valence-corrected chi connectivity index (χ2v) is 7.18. The molecule has 1 atom stereocenters. The van der Waals surface area contributed by atoms with Gasteiger partial charge in [0.1, 0.15) is 23.1 Å². The van der Waals surface area contributed by atoms with Crippen molar-refractivity contribution in [2.45, 2.75) is 19.9 Å². The molecule has 8 nitrogen and oxygen atoms in total. The number of rotatable bonds is 3. The van der Waals surface area contributed by atoms with E-state index in [4.69, 9.17) is 4.98 Å². The van der Waals surface area contributed by atoms with E-state index in [2.05, 4.69) is 34.0 Å². The molecule has 1 fully saturated rings. The quantitative estimate of drug-likeness (QED) is 0.774. The number of nitrogens with zero attached hydrogens (tertiary/aromatic N) is 6. The second kappa shape index (κ2) is 6.12. The summed E-state index contributed by atoms with van der Waals surface area (Å²) in [7, 11) is 3.74. The molecular weight excluding hydrogens is 330 g/mol. The van der Waals surface area contributed by atoms with E-state index in [9.17, 15) is 4.79 Å². The number of aromatic nitrogens is 5. The predicted octanol–water partition coefficient (Wildman–Crippen LogP) is 1.66. The number of fused-ring (bicyclic) bond motifs is 1. The van der Waals surface area contributed by atoms with E-state index in [1.165, 1.54) is 0 Å². The average Bonchev–Trinajstić information content (AvgIpc) is 3.22. The largest absolute Gasteiger partial charge is 0.343 e. The normalized spacial score (nSPS) is 18.3. The number of likely N-dealkylation sites (N-methyl/N-ethyl adjacent to an activating group) is 1. The van der Waals surface area contributed by atoms with Crippen LogP contribution >= 0.6 is 0 Å². The monoisotopic (exact) mass is 353 g/mol. The summed E-state index contributed by atoms with van der Waals surface area (Å²) in [5.41, 5.74) is 3.35. The SMILES string of the molecule is CC(C)C1C(=O)N(C)CCN1c1ccc2[nH]nc(-c3cnn(C)c3)c2n1. The van der Waals surface area contributed by atoms with Crippen molar-refractivity contribution in [2.24, 2.45) is 13.0 Å². The Morgan fingerprint density at radius 2 is 2.04 bits per heavy atom. The summed E-state index contributed by atoms with van der Waals surface area (Å²) in [4.78, 5) is 21.5. The zero-order valence-electron chi connectivity index (χ0n) is 15.5. The van der Waals surface area contributed by atoms with Crippen LogP contribution in [0.2, 0.25) is 0 Å². The smallest absolute Gasteiger partial charge is 0.245 e. The fourth-order valence-corrected chi connectivity index (χ4v) is 3.56. The number of aryl methyl sites for hydroxylation is 1. The van der Waals surface area contributed by atoms with E-state index in [1.54, 1.807) is 15.8 Å². The molecule has 0 bridgehead atoms. The topological polar surface area (TPSA) is 82.9 Å². The molecule has 136 valence electrons. The lowest BCUT2D eigenvalue weighted by molar-refractivity contribution is -0.133. The first kappa shape index (κ1) is 16.6. The molecule has 3 aromatic rings. The number of amides is 1. The lowest BCUT2D eigenvalue weighted by atomic mass is 9.98. The minimum absolute atomic E-state index is 0.146. The van der Waals surface area contributed by atoms with Crippen LogP contribution in [0.5, 0.6) is 0 Å². The lowest BCUT2D eigenvalue weighted by Crippen LogP contribution is -2.58. The second-order valence-electron chi connectivity index (χ2n) is 7.18. The Bertz CT molecular complexity index is 958. The van der Waals surface area contributed by atoms with Crippen molar-refractivity contribution in [3.05, 3.63) is 24.5 Å². The molecule has 0 aliphatic carbocycles. The summed E-state index contributed by atoms with van der Waals surface area (Å²) in [6, 6.07) is 3.74. The molecule has 3 aromatic heterocycles. The third-order valence-corrected chi connectivity index (χ3v) is 4.94. The van der Waals surface area contributed by atoms with Gasteiger partial charge in [-0.25, -0.2) is 4.98 Å². The molecule has 1 aliphatic rings. The van der Waals surface area contributed by atoms with Gasteiger partial charge < -0.3 is 9.80 Å². The van der Waals surface area contributed by atoms with Crippen molar-refractivity contribution in [3.8, 4) is 11.3 Å². The number of hydrogen-bond donors (Lipinski definition) is 1. The van der Waals surface area contributed by atoms with Crippen LogP contribution in [0.3, 0.4) is 0 Å². The summed E-state index contributed by atoms with van der Waals surface area (Å²) in [5.74, 6) is 1.15. The number of hydrogen-bond acceptors (Lipinski definition) is 5. The van der Waals surface area contributed by atoms with Crippen molar-refractivity contribution in [2.75, 3.05) is 25.0 Å². The molecule has 1 unspecified atom stereocenters. The van der Waals surface area contributed by atoms with E-state index < -0.39 is 0 Å². The van der Waals surface area contributed by atoms with Crippen LogP contribution in [-0.2, 0) is 11.8 Å².